The van der Waals surface area contributed by atoms with E-state index < -0.39 is 0 Å². The minimum absolute atomic E-state index is 0.0550. The predicted molar refractivity (Wildman–Crippen MR) is 69.4 cm³/mol. The molecule has 0 aliphatic carbocycles. The molecule has 3 heterocycles. The van der Waals surface area contributed by atoms with Crippen LogP contribution in [0.1, 0.15) is 34.8 Å². The van der Waals surface area contributed by atoms with E-state index in [0.29, 0.717) is 5.56 Å². The topological polar surface area (TPSA) is 56.0 Å². The monoisotopic (exact) mass is 259 g/mol. The number of amides is 1. The fourth-order valence-corrected chi connectivity index (χ4v) is 2.67. The second kappa shape index (κ2) is 4.53. The smallest absolute Gasteiger partial charge is 0.257 e. The first-order chi connectivity index (χ1) is 9.15. The van der Waals surface area contributed by atoms with Crippen LogP contribution in [0, 0.1) is 0 Å². The molecule has 1 atom stereocenters. The van der Waals surface area contributed by atoms with E-state index in [1.54, 1.807) is 21.8 Å². The van der Waals surface area contributed by atoms with Gasteiger partial charge in [-0.3, -0.25) is 14.2 Å². The lowest BCUT2D eigenvalue weighted by molar-refractivity contribution is 0.0735. The van der Waals surface area contributed by atoms with Crippen molar-refractivity contribution in [3.05, 3.63) is 35.9 Å². The average Bonchev–Trinajstić information content (AvgIpc) is 3.07. The molecule has 1 saturated heterocycles. The van der Waals surface area contributed by atoms with Crippen molar-refractivity contribution >= 4 is 5.91 Å². The summed E-state index contributed by atoms with van der Waals surface area (Å²) in [4.78, 5) is 14.4. The Hall–Kier alpha value is -2.11. The third-order valence-corrected chi connectivity index (χ3v) is 3.58. The van der Waals surface area contributed by atoms with Gasteiger partial charge in [-0.25, -0.2) is 0 Å². The van der Waals surface area contributed by atoms with E-state index in [9.17, 15) is 4.79 Å². The molecule has 0 saturated carbocycles. The van der Waals surface area contributed by atoms with Crippen molar-refractivity contribution in [1.82, 2.24) is 24.5 Å². The number of aryl methyl sites for hydroxylation is 2. The van der Waals surface area contributed by atoms with E-state index in [4.69, 9.17) is 0 Å². The van der Waals surface area contributed by atoms with Crippen LogP contribution in [-0.4, -0.2) is 36.9 Å². The van der Waals surface area contributed by atoms with Crippen LogP contribution in [-0.2, 0) is 14.1 Å². The molecular formula is C13H17N5O. The molecule has 2 aromatic rings. The van der Waals surface area contributed by atoms with Crippen molar-refractivity contribution in [2.24, 2.45) is 14.1 Å². The van der Waals surface area contributed by atoms with Crippen molar-refractivity contribution < 1.29 is 4.79 Å². The maximum atomic E-state index is 12.5. The summed E-state index contributed by atoms with van der Waals surface area (Å²) in [6.45, 7) is 0.799. The van der Waals surface area contributed by atoms with Gasteiger partial charge in [0.1, 0.15) is 0 Å². The molecule has 0 bridgehead atoms. The number of aromatic nitrogens is 4. The summed E-state index contributed by atoms with van der Waals surface area (Å²) in [5.74, 6) is 0.0550. The van der Waals surface area contributed by atoms with E-state index in [-0.39, 0.29) is 11.9 Å². The Morgan fingerprint density at radius 1 is 1.21 bits per heavy atom. The van der Waals surface area contributed by atoms with Crippen LogP contribution >= 0.6 is 0 Å². The summed E-state index contributed by atoms with van der Waals surface area (Å²) in [5.41, 5.74) is 1.76. The molecule has 1 aliphatic rings. The second-order valence-corrected chi connectivity index (χ2v) is 5.01. The second-order valence-electron chi connectivity index (χ2n) is 5.01. The van der Waals surface area contributed by atoms with E-state index in [1.165, 1.54) is 0 Å². The Morgan fingerprint density at radius 3 is 2.58 bits per heavy atom. The van der Waals surface area contributed by atoms with Crippen LogP contribution in [0.2, 0.25) is 0 Å². The van der Waals surface area contributed by atoms with E-state index in [2.05, 4.69) is 10.2 Å². The maximum absolute atomic E-state index is 12.5. The predicted octanol–water partition coefficient (Wildman–Crippen LogP) is 1.13. The first kappa shape index (κ1) is 12.0. The third-order valence-electron chi connectivity index (χ3n) is 3.58. The minimum atomic E-state index is 0.0550. The number of carbonyl (C=O) groups excluding carboxylic acids is 1. The molecule has 0 unspecified atom stereocenters. The van der Waals surface area contributed by atoms with Gasteiger partial charge in [-0.05, 0) is 12.8 Å². The van der Waals surface area contributed by atoms with Crippen LogP contribution in [0.3, 0.4) is 0 Å². The molecule has 100 valence electrons. The summed E-state index contributed by atoms with van der Waals surface area (Å²) in [5, 5.41) is 8.26. The van der Waals surface area contributed by atoms with Gasteiger partial charge in [-0.15, -0.1) is 0 Å². The summed E-state index contributed by atoms with van der Waals surface area (Å²) in [6, 6.07) is 0.140. The Bertz CT molecular complexity index is 600. The quantitative estimate of drug-likeness (QED) is 0.812. The highest BCUT2D eigenvalue weighted by Crippen LogP contribution is 2.32. The van der Waals surface area contributed by atoms with Crippen LogP contribution in [0.4, 0.5) is 0 Å². The van der Waals surface area contributed by atoms with Gasteiger partial charge in [-0.1, -0.05) is 0 Å². The highest BCUT2D eigenvalue weighted by molar-refractivity contribution is 5.94. The van der Waals surface area contributed by atoms with Gasteiger partial charge in [0.2, 0.25) is 0 Å². The molecule has 0 radical (unpaired) electrons. The van der Waals surface area contributed by atoms with Crippen molar-refractivity contribution in [1.29, 1.82) is 0 Å². The molecule has 3 rings (SSSR count). The third kappa shape index (κ3) is 2.14. The molecule has 1 fully saturated rings. The van der Waals surface area contributed by atoms with Gasteiger partial charge in [-0.2, -0.15) is 10.2 Å². The number of carbonyl (C=O) groups is 1. The van der Waals surface area contributed by atoms with Crippen molar-refractivity contribution in [2.45, 2.75) is 18.9 Å². The highest BCUT2D eigenvalue weighted by Gasteiger charge is 2.31. The van der Waals surface area contributed by atoms with E-state index in [1.807, 2.05) is 31.4 Å². The van der Waals surface area contributed by atoms with Crippen molar-refractivity contribution in [3.63, 3.8) is 0 Å². The molecule has 1 aliphatic heterocycles. The summed E-state index contributed by atoms with van der Waals surface area (Å²) in [6.07, 6.45) is 9.25. The minimum Gasteiger partial charge on any atom is -0.331 e. The number of nitrogens with zero attached hydrogens (tertiary/aromatic N) is 5. The molecule has 1 amide bonds. The van der Waals surface area contributed by atoms with Gasteiger partial charge < -0.3 is 4.90 Å². The molecular weight excluding hydrogens is 242 g/mol. The zero-order valence-electron chi connectivity index (χ0n) is 11.2. The SMILES string of the molecule is Cn1cc(C(=O)N2CCC[C@@H]2c2cnn(C)c2)cn1. The molecule has 2 aromatic heterocycles. The first-order valence-corrected chi connectivity index (χ1v) is 6.43. The normalized spacial score (nSPS) is 19.1. The summed E-state index contributed by atoms with van der Waals surface area (Å²) < 4.78 is 3.43. The fourth-order valence-electron chi connectivity index (χ4n) is 2.67. The Kier molecular flexibility index (Phi) is 2.85. The summed E-state index contributed by atoms with van der Waals surface area (Å²) >= 11 is 0. The van der Waals surface area contributed by atoms with Crippen LogP contribution < -0.4 is 0 Å². The highest BCUT2D eigenvalue weighted by atomic mass is 16.2. The maximum Gasteiger partial charge on any atom is 0.257 e. The Morgan fingerprint density at radius 2 is 1.95 bits per heavy atom. The number of hydrogen-bond acceptors (Lipinski definition) is 3. The van der Waals surface area contributed by atoms with Gasteiger partial charge in [0, 0.05) is 38.6 Å². The van der Waals surface area contributed by atoms with Crippen molar-refractivity contribution in [3.8, 4) is 0 Å². The van der Waals surface area contributed by atoms with Gasteiger partial charge in [0.25, 0.3) is 5.91 Å². The first-order valence-electron chi connectivity index (χ1n) is 6.43. The van der Waals surface area contributed by atoms with E-state index in [0.717, 1.165) is 24.9 Å². The lowest BCUT2D eigenvalue weighted by Crippen LogP contribution is -2.30. The van der Waals surface area contributed by atoms with E-state index >= 15 is 0 Å². The van der Waals surface area contributed by atoms with Crippen LogP contribution in [0.15, 0.2) is 24.8 Å². The van der Waals surface area contributed by atoms with Gasteiger partial charge >= 0.3 is 0 Å². The molecule has 6 heteroatoms. The lowest BCUT2D eigenvalue weighted by atomic mass is 10.1. The average molecular weight is 259 g/mol. The summed E-state index contributed by atoms with van der Waals surface area (Å²) in [7, 11) is 3.71. The van der Waals surface area contributed by atoms with Gasteiger partial charge in [0.15, 0.2) is 0 Å². The molecule has 19 heavy (non-hydrogen) atoms. The number of likely N-dealkylation sites (tertiary alicyclic amines) is 1. The number of rotatable bonds is 2. The standard InChI is InChI=1S/C13H17N5O/c1-16-8-10(6-14-16)12-4-3-5-18(12)13(19)11-7-15-17(2)9-11/h6-9,12H,3-5H2,1-2H3/t12-/m1/s1. The van der Waals surface area contributed by atoms with Crippen molar-refractivity contribution in [2.75, 3.05) is 6.54 Å². The lowest BCUT2D eigenvalue weighted by Gasteiger charge is -2.23. The Balaban J connectivity index is 1.85. The number of hydrogen-bond donors (Lipinski definition) is 0. The molecule has 6 nitrogen and oxygen atoms in total. The Labute approximate surface area is 111 Å². The van der Waals surface area contributed by atoms with Crippen LogP contribution in [0.5, 0.6) is 0 Å². The zero-order valence-corrected chi connectivity index (χ0v) is 11.2. The molecule has 0 N–H and O–H groups in total. The fraction of sp³-hybridized carbons (Fsp3) is 0.462. The van der Waals surface area contributed by atoms with Crippen LogP contribution in [0.25, 0.3) is 0 Å². The largest absolute Gasteiger partial charge is 0.331 e. The molecule has 0 aromatic carbocycles. The molecule has 0 spiro atoms. The van der Waals surface area contributed by atoms with Gasteiger partial charge in [0.05, 0.1) is 24.0 Å². The zero-order chi connectivity index (χ0) is 13.4.